The van der Waals surface area contributed by atoms with Crippen LogP contribution in [0, 0.1) is 30.6 Å². The third-order valence-corrected chi connectivity index (χ3v) is 3.82. The minimum atomic E-state index is -0.528. The van der Waals surface area contributed by atoms with Gasteiger partial charge in [-0.15, -0.1) is 6.42 Å². The molecule has 0 atom stereocenters. The molecular formula is C20H15ClN2O2. The van der Waals surface area contributed by atoms with Crippen LogP contribution in [-0.4, -0.2) is 12.5 Å². The molecule has 0 aliphatic rings. The van der Waals surface area contributed by atoms with E-state index in [1.165, 1.54) is 6.08 Å². The molecule has 0 spiro atoms. The summed E-state index contributed by atoms with van der Waals surface area (Å²) < 4.78 is 5.43. The Labute approximate surface area is 151 Å². The van der Waals surface area contributed by atoms with E-state index < -0.39 is 5.91 Å². The first-order valence-electron chi connectivity index (χ1n) is 7.40. The Morgan fingerprint density at radius 1 is 1.32 bits per heavy atom. The molecule has 0 aromatic heterocycles. The maximum Gasteiger partial charge on any atom is 0.266 e. The lowest BCUT2D eigenvalue weighted by atomic mass is 10.1. The van der Waals surface area contributed by atoms with Crippen molar-refractivity contribution >= 4 is 29.3 Å². The molecule has 25 heavy (non-hydrogen) atoms. The quantitative estimate of drug-likeness (QED) is 0.499. The van der Waals surface area contributed by atoms with Gasteiger partial charge in [-0.3, -0.25) is 4.79 Å². The van der Waals surface area contributed by atoms with E-state index in [0.29, 0.717) is 22.0 Å². The number of ether oxygens (including phenoxy) is 1. The molecule has 0 aliphatic heterocycles. The van der Waals surface area contributed by atoms with Crippen molar-refractivity contribution in [2.75, 3.05) is 11.9 Å². The molecule has 0 bridgehead atoms. The first kappa shape index (κ1) is 18.1. The molecule has 5 heteroatoms. The number of carbonyl (C=O) groups is 1. The number of para-hydroxylation sites is 1. The van der Waals surface area contributed by atoms with Crippen LogP contribution in [0.3, 0.4) is 0 Å². The molecule has 1 amide bonds. The Morgan fingerprint density at radius 2 is 2.08 bits per heavy atom. The van der Waals surface area contributed by atoms with E-state index in [-0.39, 0.29) is 12.2 Å². The monoisotopic (exact) mass is 350 g/mol. The summed E-state index contributed by atoms with van der Waals surface area (Å²) >= 11 is 6.05. The van der Waals surface area contributed by atoms with Crippen LogP contribution in [0.5, 0.6) is 5.75 Å². The van der Waals surface area contributed by atoms with Gasteiger partial charge in [0.25, 0.3) is 5.91 Å². The number of benzene rings is 2. The predicted molar refractivity (Wildman–Crippen MR) is 99.2 cm³/mol. The number of nitriles is 1. The van der Waals surface area contributed by atoms with Crippen LogP contribution in [-0.2, 0) is 4.79 Å². The van der Waals surface area contributed by atoms with Crippen molar-refractivity contribution in [2.45, 2.75) is 6.92 Å². The molecule has 4 nitrogen and oxygen atoms in total. The van der Waals surface area contributed by atoms with Crippen LogP contribution in [0.2, 0.25) is 5.02 Å². The summed E-state index contributed by atoms with van der Waals surface area (Å²) in [6, 6.07) is 14.1. The summed E-state index contributed by atoms with van der Waals surface area (Å²) in [5, 5.41) is 12.6. The minimum Gasteiger partial charge on any atom is -0.480 e. The number of terminal acetylenes is 1. The van der Waals surface area contributed by atoms with Crippen molar-refractivity contribution in [3.05, 3.63) is 64.2 Å². The number of hydrogen-bond donors (Lipinski definition) is 1. The van der Waals surface area contributed by atoms with E-state index >= 15 is 0 Å². The highest BCUT2D eigenvalue weighted by molar-refractivity contribution is 6.31. The number of nitrogens with one attached hydrogen (secondary N) is 1. The van der Waals surface area contributed by atoms with Crippen molar-refractivity contribution in [3.63, 3.8) is 0 Å². The molecule has 0 radical (unpaired) electrons. The first-order valence-corrected chi connectivity index (χ1v) is 7.78. The Kier molecular flexibility index (Phi) is 6.23. The van der Waals surface area contributed by atoms with E-state index in [4.69, 9.17) is 22.8 Å². The smallest absolute Gasteiger partial charge is 0.266 e. The van der Waals surface area contributed by atoms with E-state index in [1.807, 2.05) is 6.07 Å². The van der Waals surface area contributed by atoms with Crippen LogP contribution < -0.4 is 10.1 Å². The topological polar surface area (TPSA) is 62.1 Å². The first-order chi connectivity index (χ1) is 12.1. The predicted octanol–water partition coefficient (Wildman–Crippen LogP) is 4.21. The van der Waals surface area contributed by atoms with Crippen molar-refractivity contribution in [1.29, 1.82) is 5.26 Å². The number of carbonyl (C=O) groups excluding carboxylic acids is 1. The van der Waals surface area contributed by atoms with Crippen molar-refractivity contribution in [1.82, 2.24) is 0 Å². The zero-order valence-corrected chi connectivity index (χ0v) is 14.3. The molecular weight excluding hydrogens is 336 g/mol. The van der Waals surface area contributed by atoms with E-state index in [2.05, 4.69) is 11.2 Å². The van der Waals surface area contributed by atoms with Gasteiger partial charge >= 0.3 is 0 Å². The average Bonchev–Trinajstić information content (AvgIpc) is 2.62. The van der Waals surface area contributed by atoms with Gasteiger partial charge in [0.05, 0.1) is 0 Å². The molecule has 0 heterocycles. The highest BCUT2D eigenvalue weighted by Gasteiger charge is 2.13. The highest BCUT2D eigenvalue weighted by atomic mass is 35.5. The van der Waals surface area contributed by atoms with Gasteiger partial charge in [0, 0.05) is 16.3 Å². The molecule has 0 saturated heterocycles. The molecule has 0 fully saturated rings. The Hall–Kier alpha value is -3.21. The van der Waals surface area contributed by atoms with Crippen molar-refractivity contribution in [3.8, 4) is 24.2 Å². The van der Waals surface area contributed by atoms with Crippen molar-refractivity contribution < 1.29 is 9.53 Å². The number of nitrogens with zero attached hydrogens (tertiary/aromatic N) is 1. The van der Waals surface area contributed by atoms with Gasteiger partial charge in [0.1, 0.15) is 24.0 Å². The zero-order valence-electron chi connectivity index (χ0n) is 13.5. The van der Waals surface area contributed by atoms with Crippen LogP contribution in [0.15, 0.2) is 48.0 Å². The van der Waals surface area contributed by atoms with Gasteiger partial charge in [-0.25, -0.2) is 0 Å². The zero-order chi connectivity index (χ0) is 18.2. The minimum absolute atomic E-state index is 0.0591. The highest BCUT2D eigenvalue weighted by Crippen LogP contribution is 2.24. The number of halogens is 1. The second kappa shape index (κ2) is 8.59. The molecule has 0 aliphatic carbocycles. The van der Waals surface area contributed by atoms with Crippen LogP contribution in [0.1, 0.15) is 11.1 Å². The summed E-state index contributed by atoms with van der Waals surface area (Å²) in [5.74, 6) is 2.35. The number of amides is 1. The van der Waals surface area contributed by atoms with E-state index in [9.17, 15) is 10.1 Å². The second-order valence-electron chi connectivity index (χ2n) is 5.07. The average molecular weight is 351 g/mol. The Bertz CT molecular complexity index is 905. The number of hydrogen-bond acceptors (Lipinski definition) is 3. The lowest BCUT2D eigenvalue weighted by Gasteiger charge is -2.10. The Balaban J connectivity index is 2.29. The Morgan fingerprint density at radius 3 is 2.80 bits per heavy atom. The van der Waals surface area contributed by atoms with Crippen molar-refractivity contribution in [2.24, 2.45) is 0 Å². The molecule has 2 aromatic rings. The maximum atomic E-state index is 12.4. The van der Waals surface area contributed by atoms with Gasteiger partial charge in [-0.2, -0.15) is 5.26 Å². The third kappa shape index (κ3) is 4.64. The summed E-state index contributed by atoms with van der Waals surface area (Å²) in [4.78, 5) is 12.4. The fourth-order valence-electron chi connectivity index (χ4n) is 2.09. The van der Waals surface area contributed by atoms with E-state index in [1.54, 1.807) is 49.4 Å². The second-order valence-corrected chi connectivity index (χ2v) is 5.47. The van der Waals surface area contributed by atoms with E-state index in [0.717, 1.165) is 5.56 Å². The summed E-state index contributed by atoms with van der Waals surface area (Å²) in [5.41, 5.74) is 1.81. The fourth-order valence-corrected chi connectivity index (χ4v) is 2.26. The standard InChI is InChI=1S/C20H15ClN2O2/c1-3-11-25-19-10-5-4-7-15(19)12-16(13-22)20(24)23-18-9-6-8-17(21)14(18)2/h1,4-10,12H,11H2,2H3,(H,23,24)/b16-12+. The lowest BCUT2D eigenvalue weighted by molar-refractivity contribution is -0.112. The largest absolute Gasteiger partial charge is 0.480 e. The van der Waals surface area contributed by atoms with Gasteiger partial charge < -0.3 is 10.1 Å². The molecule has 124 valence electrons. The third-order valence-electron chi connectivity index (χ3n) is 3.41. The SMILES string of the molecule is C#CCOc1ccccc1/C=C(\C#N)C(=O)Nc1cccc(Cl)c1C. The fraction of sp³-hybridized carbons (Fsp3) is 0.100. The summed E-state index contributed by atoms with van der Waals surface area (Å²) in [7, 11) is 0. The van der Waals surface area contributed by atoms with Crippen LogP contribution in [0.25, 0.3) is 6.08 Å². The van der Waals surface area contributed by atoms with Gasteiger partial charge in [0.2, 0.25) is 0 Å². The molecule has 2 rings (SSSR count). The maximum absolute atomic E-state index is 12.4. The van der Waals surface area contributed by atoms with Gasteiger partial charge in [-0.05, 0) is 36.8 Å². The molecule has 0 unspecified atom stereocenters. The van der Waals surface area contributed by atoms with Gasteiger partial charge in [-0.1, -0.05) is 41.8 Å². The lowest BCUT2D eigenvalue weighted by Crippen LogP contribution is -2.14. The molecule has 2 aromatic carbocycles. The van der Waals surface area contributed by atoms with Gasteiger partial charge in [0.15, 0.2) is 0 Å². The molecule has 1 N–H and O–H groups in total. The molecule has 0 saturated carbocycles. The van der Waals surface area contributed by atoms with Crippen LogP contribution in [0.4, 0.5) is 5.69 Å². The normalized spacial score (nSPS) is 10.5. The number of rotatable bonds is 5. The summed E-state index contributed by atoms with van der Waals surface area (Å²) in [6.45, 7) is 1.89. The van der Waals surface area contributed by atoms with Crippen LogP contribution >= 0.6 is 11.6 Å². The summed E-state index contributed by atoms with van der Waals surface area (Å²) in [6.07, 6.45) is 6.66. The number of anilines is 1.